The highest BCUT2D eigenvalue weighted by atomic mass is 16.2. The predicted octanol–water partition coefficient (Wildman–Crippen LogP) is 2.79. The fraction of sp³-hybridized carbons (Fsp3) is 0.550. The van der Waals surface area contributed by atoms with Crippen LogP contribution in [0.5, 0.6) is 0 Å². The Kier molecular flexibility index (Phi) is 5.59. The van der Waals surface area contributed by atoms with Gasteiger partial charge < -0.3 is 15.1 Å². The molecule has 2 atom stereocenters. The van der Waals surface area contributed by atoms with Gasteiger partial charge in [-0.3, -0.25) is 14.4 Å². The van der Waals surface area contributed by atoms with Gasteiger partial charge in [0.2, 0.25) is 17.7 Å². The summed E-state index contributed by atoms with van der Waals surface area (Å²) in [6.45, 7) is 4.83. The number of rotatable bonds is 4. The number of amides is 3. The van der Waals surface area contributed by atoms with Gasteiger partial charge in [-0.25, -0.2) is 0 Å². The van der Waals surface area contributed by atoms with Crippen molar-refractivity contribution in [2.45, 2.75) is 52.0 Å². The Balaban J connectivity index is 1.68. The zero-order valence-electron chi connectivity index (χ0n) is 15.5. The number of benzene rings is 1. The second kappa shape index (κ2) is 7.89. The van der Waals surface area contributed by atoms with E-state index in [1.807, 2.05) is 17.0 Å². The summed E-state index contributed by atoms with van der Waals surface area (Å²) in [4.78, 5) is 40.2. The maximum atomic E-state index is 13.0. The monoisotopic (exact) mass is 357 g/mol. The van der Waals surface area contributed by atoms with Crippen LogP contribution >= 0.6 is 0 Å². The molecule has 6 nitrogen and oxygen atoms in total. The van der Waals surface area contributed by atoms with Crippen LogP contribution in [0.4, 0.5) is 11.4 Å². The smallest absolute Gasteiger partial charge is 0.228 e. The van der Waals surface area contributed by atoms with Gasteiger partial charge in [0.25, 0.3) is 0 Å². The molecule has 3 rings (SSSR count). The molecule has 0 unspecified atom stereocenters. The number of piperidine rings is 1. The molecule has 2 fully saturated rings. The maximum absolute atomic E-state index is 13.0. The van der Waals surface area contributed by atoms with Crippen LogP contribution in [0.1, 0.15) is 46.0 Å². The summed E-state index contributed by atoms with van der Waals surface area (Å²) >= 11 is 0. The number of anilines is 2. The highest BCUT2D eigenvalue weighted by molar-refractivity contribution is 6.00. The van der Waals surface area contributed by atoms with E-state index in [1.54, 1.807) is 17.0 Å². The topological polar surface area (TPSA) is 69.7 Å². The lowest BCUT2D eigenvalue weighted by Crippen LogP contribution is -2.46. The standard InChI is InChI=1S/C20H27N3O3/c1-3-17-6-4-5-11-22(17)20(26)15-12-19(25)23(13-15)18-9-7-16(8-10-18)21-14(2)24/h7-10,15,17H,3-6,11-13H2,1-2H3,(H,21,24)/t15-,17-/m1/s1. The van der Waals surface area contributed by atoms with Gasteiger partial charge in [-0.2, -0.15) is 0 Å². The van der Waals surface area contributed by atoms with Crippen LogP contribution in [0.15, 0.2) is 24.3 Å². The lowest BCUT2D eigenvalue weighted by atomic mass is 9.97. The van der Waals surface area contributed by atoms with Crippen molar-refractivity contribution in [2.24, 2.45) is 5.92 Å². The third-order valence-electron chi connectivity index (χ3n) is 5.36. The number of hydrogen-bond acceptors (Lipinski definition) is 3. The lowest BCUT2D eigenvalue weighted by molar-refractivity contribution is -0.139. The van der Waals surface area contributed by atoms with E-state index in [0.29, 0.717) is 18.3 Å². The van der Waals surface area contributed by atoms with Crippen molar-refractivity contribution >= 4 is 29.1 Å². The number of nitrogens with zero attached hydrogens (tertiary/aromatic N) is 2. The Morgan fingerprint density at radius 1 is 1.19 bits per heavy atom. The molecular formula is C20H27N3O3. The van der Waals surface area contributed by atoms with Crippen LogP contribution in [0, 0.1) is 5.92 Å². The second-order valence-corrected chi connectivity index (χ2v) is 7.22. The molecule has 2 heterocycles. The maximum Gasteiger partial charge on any atom is 0.228 e. The van der Waals surface area contributed by atoms with Crippen molar-refractivity contribution in [1.82, 2.24) is 4.90 Å². The Hall–Kier alpha value is -2.37. The molecule has 6 heteroatoms. The normalized spacial score (nSPS) is 23.2. The van der Waals surface area contributed by atoms with E-state index in [9.17, 15) is 14.4 Å². The summed E-state index contributed by atoms with van der Waals surface area (Å²) in [5.41, 5.74) is 1.46. The molecule has 26 heavy (non-hydrogen) atoms. The molecule has 140 valence electrons. The van der Waals surface area contributed by atoms with E-state index >= 15 is 0 Å². The number of carbonyl (C=O) groups is 3. The minimum atomic E-state index is -0.260. The molecule has 0 spiro atoms. The van der Waals surface area contributed by atoms with E-state index in [2.05, 4.69) is 12.2 Å². The number of hydrogen-bond donors (Lipinski definition) is 1. The third kappa shape index (κ3) is 3.89. The highest BCUT2D eigenvalue weighted by Crippen LogP contribution is 2.29. The quantitative estimate of drug-likeness (QED) is 0.901. The molecule has 2 aliphatic heterocycles. The Morgan fingerprint density at radius 3 is 2.58 bits per heavy atom. The molecule has 1 N–H and O–H groups in total. The van der Waals surface area contributed by atoms with Crippen molar-refractivity contribution < 1.29 is 14.4 Å². The van der Waals surface area contributed by atoms with Crippen molar-refractivity contribution in [3.05, 3.63) is 24.3 Å². The molecule has 0 aliphatic carbocycles. The van der Waals surface area contributed by atoms with Crippen LogP contribution in [-0.2, 0) is 14.4 Å². The predicted molar refractivity (Wildman–Crippen MR) is 101 cm³/mol. The first-order valence-electron chi connectivity index (χ1n) is 9.48. The summed E-state index contributed by atoms with van der Waals surface area (Å²) in [7, 11) is 0. The average molecular weight is 357 g/mol. The molecule has 3 amide bonds. The van der Waals surface area contributed by atoms with Crippen LogP contribution in [0.25, 0.3) is 0 Å². The van der Waals surface area contributed by atoms with Crippen LogP contribution in [0.3, 0.4) is 0 Å². The van der Waals surface area contributed by atoms with Gasteiger partial charge in [0, 0.05) is 43.9 Å². The number of carbonyl (C=O) groups excluding carboxylic acids is 3. The van der Waals surface area contributed by atoms with Gasteiger partial charge >= 0.3 is 0 Å². The SMILES string of the molecule is CC[C@@H]1CCCCN1C(=O)[C@@H]1CC(=O)N(c2ccc(NC(C)=O)cc2)C1. The van der Waals surface area contributed by atoms with E-state index in [-0.39, 0.29) is 30.1 Å². The molecule has 0 aromatic heterocycles. The van der Waals surface area contributed by atoms with Crippen LogP contribution < -0.4 is 10.2 Å². The molecule has 2 aliphatic rings. The molecule has 0 bridgehead atoms. The van der Waals surface area contributed by atoms with Crippen LogP contribution in [-0.4, -0.2) is 41.8 Å². The second-order valence-electron chi connectivity index (χ2n) is 7.22. The minimum Gasteiger partial charge on any atom is -0.339 e. The number of likely N-dealkylation sites (tertiary alicyclic amines) is 1. The van der Waals surface area contributed by atoms with Crippen molar-refractivity contribution in [1.29, 1.82) is 0 Å². The summed E-state index contributed by atoms with van der Waals surface area (Å²) in [6, 6.07) is 7.49. The summed E-state index contributed by atoms with van der Waals surface area (Å²) in [6.07, 6.45) is 4.55. The molecule has 1 aromatic rings. The first kappa shape index (κ1) is 18.4. The van der Waals surface area contributed by atoms with Gasteiger partial charge in [-0.1, -0.05) is 6.92 Å². The van der Waals surface area contributed by atoms with Crippen molar-refractivity contribution in [3.8, 4) is 0 Å². The average Bonchev–Trinajstić information content (AvgIpc) is 3.03. The van der Waals surface area contributed by atoms with Gasteiger partial charge in [-0.15, -0.1) is 0 Å². The molecule has 0 saturated carbocycles. The van der Waals surface area contributed by atoms with E-state index < -0.39 is 0 Å². The third-order valence-corrected chi connectivity index (χ3v) is 5.36. The molecule has 0 radical (unpaired) electrons. The van der Waals surface area contributed by atoms with Gasteiger partial charge in [0.1, 0.15) is 0 Å². The molecular weight excluding hydrogens is 330 g/mol. The summed E-state index contributed by atoms with van der Waals surface area (Å²) < 4.78 is 0. The highest BCUT2D eigenvalue weighted by Gasteiger charge is 2.39. The first-order valence-corrected chi connectivity index (χ1v) is 9.48. The largest absolute Gasteiger partial charge is 0.339 e. The van der Waals surface area contributed by atoms with E-state index in [4.69, 9.17) is 0 Å². The minimum absolute atomic E-state index is 0.0133. The Labute approximate surface area is 154 Å². The Morgan fingerprint density at radius 2 is 1.92 bits per heavy atom. The van der Waals surface area contributed by atoms with Gasteiger partial charge in [-0.05, 0) is 49.9 Å². The van der Waals surface area contributed by atoms with Crippen LogP contribution in [0.2, 0.25) is 0 Å². The van der Waals surface area contributed by atoms with Crippen molar-refractivity contribution in [3.63, 3.8) is 0 Å². The summed E-state index contributed by atoms with van der Waals surface area (Å²) in [5.74, 6) is -0.278. The fourth-order valence-corrected chi connectivity index (χ4v) is 4.00. The van der Waals surface area contributed by atoms with Gasteiger partial charge in [0.15, 0.2) is 0 Å². The Bertz CT molecular complexity index is 686. The lowest BCUT2D eigenvalue weighted by Gasteiger charge is -2.36. The van der Waals surface area contributed by atoms with E-state index in [0.717, 1.165) is 31.5 Å². The summed E-state index contributed by atoms with van der Waals surface area (Å²) in [5, 5.41) is 2.71. The zero-order valence-corrected chi connectivity index (χ0v) is 15.5. The molecule has 1 aromatic carbocycles. The fourth-order valence-electron chi connectivity index (χ4n) is 4.00. The first-order chi connectivity index (χ1) is 12.5. The zero-order chi connectivity index (χ0) is 18.7. The van der Waals surface area contributed by atoms with E-state index in [1.165, 1.54) is 13.3 Å². The van der Waals surface area contributed by atoms with Crippen molar-refractivity contribution in [2.75, 3.05) is 23.3 Å². The molecule has 2 saturated heterocycles. The van der Waals surface area contributed by atoms with Gasteiger partial charge in [0.05, 0.1) is 5.92 Å². The number of nitrogens with one attached hydrogen (secondary N) is 1.